The molecule has 3 heterocycles. The van der Waals surface area contributed by atoms with Crippen LogP contribution in [0, 0.1) is 11.6 Å². The molecule has 204 valence electrons. The van der Waals surface area contributed by atoms with Crippen LogP contribution in [0.2, 0.25) is 0 Å². The van der Waals surface area contributed by atoms with Gasteiger partial charge in [-0.3, -0.25) is 9.36 Å². The molecule has 0 bridgehead atoms. The maximum Gasteiger partial charge on any atom is 0.338 e. The lowest BCUT2D eigenvalue weighted by Crippen LogP contribution is -2.39. The molecule has 2 aromatic carbocycles. The number of nitrogens with one attached hydrogen (secondary N) is 1. The van der Waals surface area contributed by atoms with Crippen molar-refractivity contribution in [2.75, 3.05) is 12.4 Å². The van der Waals surface area contributed by atoms with E-state index in [1.54, 1.807) is 24.3 Å². The van der Waals surface area contributed by atoms with Crippen LogP contribution in [0.3, 0.4) is 0 Å². The minimum atomic E-state index is -0.837. The molecule has 3 N–H and O–H groups in total. The largest absolute Gasteiger partial charge is 0.480 e. The second-order valence-electron chi connectivity index (χ2n) is 8.65. The number of fused-ring (bicyclic) bond motifs is 1. The average molecular weight is 565 g/mol. The van der Waals surface area contributed by atoms with Crippen molar-refractivity contribution < 1.29 is 18.3 Å². The highest BCUT2D eigenvalue weighted by atomic mass is 32.1. The molecule has 0 unspecified atom stereocenters. The number of hydrogen-bond acceptors (Lipinski definition) is 7. The summed E-state index contributed by atoms with van der Waals surface area (Å²) in [6.45, 7) is 1.39. The second kappa shape index (κ2) is 10.7. The number of carbonyl (C=O) groups is 1. The molecule has 5 rings (SSSR count). The van der Waals surface area contributed by atoms with Crippen LogP contribution in [0.15, 0.2) is 64.2 Å². The summed E-state index contributed by atoms with van der Waals surface area (Å²) < 4.78 is 36.4. The Hall–Kier alpha value is -4.91. The maximum atomic E-state index is 14.7. The number of amides is 2. The van der Waals surface area contributed by atoms with Gasteiger partial charge in [-0.05, 0) is 47.9 Å². The van der Waals surface area contributed by atoms with Crippen LogP contribution < -0.4 is 27.0 Å². The fourth-order valence-corrected chi connectivity index (χ4v) is 5.79. The van der Waals surface area contributed by atoms with E-state index in [-0.39, 0.29) is 27.5 Å². The molecule has 0 fully saturated rings. The molecule has 0 atom stereocenters. The lowest BCUT2D eigenvalue weighted by atomic mass is 10.0. The van der Waals surface area contributed by atoms with Crippen molar-refractivity contribution in [3.8, 4) is 22.1 Å². The Bertz CT molecular complexity index is 1840. The van der Waals surface area contributed by atoms with Gasteiger partial charge in [0.15, 0.2) is 5.82 Å². The number of hydrogen-bond donors (Lipinski definition) is 2. The summed E-state index contributed by atoms with van der Waals surface area (Å²) in [6, 6.07) is 12.3. The van der Waals surface area contributed by atoms with Crippen LogP contribution in [0.4, 0.5) is 19.3 Å². The van der Waals surface area contributed by atoms with Gasteiger partial charge in [0.05, 0.1) is 19.0 Å². The van der Waals surface area contributed by atoms with E-state index in [0.29, 0.717) is 28.1 Å². The Kier molecular flexibility index (Phi) is 7.13. The number of thiophene rings is 1. The quantitative estimate of drug-likeness (QED) is 0.306. The van der Waals surface area contributed by atoms with Gasteiger partial charge in [0.2, 0.25) is 5.88 Å². The van der Waals surface area contributed by atoms with E-state index < -0.39 is 35.5 Å². The van der Waals surface area contributed by atoms with Gasteiger partial charge >= 0.3 is 11.7 Å². The van der Waals surface area contributed by atoms with Crippen LogP contribution in [-0.2, 0) is 13.0 Å². The van der Waals surface area contributed by atoms with Crippen LogP contribution in [0.5, 0.6) is 5.88 Å². The van der Waals surface area contributed by atoms with Crippen molar-refractivity contribution in [2.24, 2.45) is 5.73 Å². The first-order valence-electron chi connectivity index (χ1n) is 12.0. The average Bonchev–Trinajstić information content (AvgIpc) is 3.33. The lowest BCUT2D eigenvalue weighted by molar-refractivity contribution is 0.259. The highest BCUT2D eigenvalue weighted by Crippen LogP contribution is 2.38. The number of methoxy groups -OCH3 is 1. The summed E-state index contributed by atoms with van der Waals surface area (Å²) in [5.74, 6) is -1.55. The summed E-state index contributed by atoms with van der Waals surface area (Å²) in [5.41, 5.74) is 5.21. The molecule has 0 aliphatic carbocycles. The molecular formula is C27H22F2N6O4S. The fraction of sp³-hybridized carbons (Fsp3) is 0.148. The van der Waals surface area contributed by atoms with Crippen LogP contribution in [-0.4, -0.2) is 32.5 Å². The Balaban J connectivity index is 1.81. The Morgan fingerprint density at radius 2 is 1.73 bits per heavy atom. The number of primary amides is 1. The van der Waals surface area contributed by atoms with Gasteiger partial charge in [-0.2, -0.15) is 0 Å². The second-order valence-corrected chi connectivity index (χ2v) is 9.65. The minimum absolute atomic E-state index is 0.0721. The van der Waals surface area contributed by atoms with Gasteiger partial charge in [0, 0.05) is 22.2 Å². The molecule has 5 aromatic rings. The molecule has 0 radical (unpaired) electrons. The summed E-state index contributed by atoms with van der Waals surface area (Å²) in [6.07, 6.45) is 0.409. The summed E-state index contributed by atoms with van der Waals surface area (Å²) in [5, 5.41) is 10.5. The van der Waals surface area contributed by atoms with Crippen molar-refractivity contribution in [1.29, 1.82) is 0 Å². The minimum Gasteiger partial charge on any atom is -0.480 e. The number of nitrogens with zero attached hydrogens (tertiary/aromatic N) is 4. The fourth-order valence-electron chi connectivity index (χ4n) is 4.41. The number of anilines is 1. The standard InChI is InChI=1S/C27H22F2N6O4S/c1-3-16-22-24(36)35(20-11-12-21(39-2)33-32-20)27(38)34(13-17-18(28)5-4-6-19(17)29)25(22)40-23(16)14-7-9-15(10-8-14)31-26(30)37/h4-12H,3,13H2,1-2H3,(H3,30,31,37). The molecule has 0 saturated heterocycles. The first-order valence-corrected chi connectivity index (χ1v) is 12.8. The number of aromatic nitrogens is 4. The number of rotatable bonds is 7. The normalized spacial score (nSPS) is 11.1. The summed E-state index contributed by atoms with van der Waals surface area (Å²) in [4.78, 5) is 39.8. The molecular weight excluding hydrogens is 542 g/mol. The maximum absolute atomic E-state index is 14.7. The third kappa shape index (κ3) is 4.71. The number of benzene rings is 2. The Morgan fingerprint density at radius 1 is 1.02 bits per heavy atom. The number of halogens is 2. The number of nitrogens with two attached hydrogens (primary N) is 1. The van der Waals surface area contributed by atoms with Crippen LogP contribution in [0.25, 0.3) is 26.5 Å². The molecule has 10 nitrogen and oxygen atoms in total. The van der Waals surface area contributed by atoms with E-state index in [9.17, 15) is 23.2 Å². The van der Waals surface area contributed by atoms with Crippen LogP contribution >= 0.6 is 11.3 Å². The molecule has 13 heteroatoms. The molecule has 40 heavy (non-hydrogen) atoms. The predicted octanol–water partition coefficient (Wildman–Crippen LogP) is 4.06. The van der Waals surface area contributed by atoms with E-state index in [0.717, 1.165) is 28.0 Å². The van der Waals surface area contributed by atoms with Gasteiger partial charge in [0.1, 0.15) is 16.5 Å². The smallest absolute Gasteiger partial charge is 0.338 e. The SMILES string of the molecule is CCc1c(-c2ccc(NC(N)=O)cc2)sc2c1c(=O)n(-c1ccc(OC)nn1)c(=O)n2Cc1c(F)cccc1F. The third-order valence-corrected chi connectivity index (χ3v) is 7.59. The monoisotopic (exact) mass is 564 g/mol. The first kappa shape index (κ1) is 26.7. The van der Waals surface area contributed by atoms with E-state index in [1.807, 2.05) is 6.92 Å². The Labute approximate surface area is 229 Å². The van der Waals surface area contributed by atoms with Gasteiger partial charge in [-0.15, -0.1) is 21.5 Å². The molecule has 0 aliphatic rings. The zero-order valence-electron chi connectivity index (χ0n) is 21.3. The Morgan fingerprint density at radius 3 is 2.30 bits per heavy atom. The van der Waals surface area contributed by atoms with Gasteiger partial charge in [-0.25, -0.2) is 22.9 Å². The number of ether oxygens (including phenoxy) is 1. The van der Waals surface area contributed by atoms with Gasteiger partial charge in [-0.1, -0.05) is 25.1 Å². The molecule has 0 spiro atoms. The summed E-state index contributed by atoms with van der Waals surface area (Å²) >= 11 is 1.15. The van der Waals surface area contributed by atoms with Crippen molar-refractivity contribution in [2.45, 2.75) is 19.9 Å². The third-order valence-electron chi connectivity index (χ3n) is 6.28. The molecule has 0 aliphatic heterocycles. The highest BCUT2D eigenvalue weighted by Gasteiger charge is 2.24. The molecule has 2 amide bonds. The van der Waals surface area contributed by atoms with Crippen molar-refractivity contribution in [1.82, 2.24) is 19.3 Å². The van der Waals surface area contributed by atoms with Crippen molar-refractivity contribution in [3.05, 3.63) is 98.2 Å². The van der Waals surface area contributed by atoms with E-state index >= 15 is 0 Å². The number of aryl methyl sites for hydroxylation is 1. The molecule has 3 aromatic heterocycles. The zero-order valence-corrected chi connectivity index (χ0v) is 22.1. The van der Waals surface area contributed by atoms with E-state index in [2.05, 4.69) is 15.5 Å². The zero-order chi connectivity index (χ0) is 28.6. The van der Waals surface area contributed by atoms with Gasteiger partial charge in [0.25, 0.3) is 5.56 Å². The van der Waals surface area contributed by atoms with Crippen molar-refractivity contribution in [3.63, 3.8) is 0 Å². The van der Waals surface area contributed by atoms with E-state index in [4.69, 9.17) is 10.5 Å². The number of urea groups is 1. The highest BCUT2D eigenvalue weighted by molar-refractivity contribution is 7.22. The lowest BCUT2D eigenvalue weighted by Gasteiger charge is -2.13. The van der Waals surface area contributed by atoms with Gasteiger partial charge < -0.3 is 15.8 Å². The predicted molar refractivity (Wildman–Crippen MR) is 147 cm³/mol. The topological polar surface area (TPSA) is 134 Å². The number of carbonyl (C=O) groups excluding carboxylic acids is 1. The molecule has 0 saturated carbocycles. The summed E-state index contributed by atoms with van der Waals surface area (Å²) in [7, 11) is 1.40. The van der Waals surface area contributed by atoms with Crippen LogP contribution in [0.1, 0.15) is 18.1 Å². The van der Waals surface area contributed by atoms with Crippen molar-refractivity contribution >= 4 is 33.3 Å². The first-order chi connectivity index (χ1) is 19.2. The van der Waals surface area contributed by atoms with E-state index in [1.165, 1.54) is 29.9 Å².